The Morgan fingerprint density at radius 3 is 2.50 bits per heavy atom. The second-order valence-corrected chi connectivity index (χ2v) is 5.94. The van der Waals surface area contributed by atoms with E-state index >= 15 is 0 Å². The molecule has 0 aliphatic carbocycles. The monoisotopic (exact) mass is 288 g/mol. The number of hydrogen-bond acceptors (Lipinski definition) is 2. The predicted molar refractivity (Wildman–Crippen MR) is 83.1 cm³/mol. The maximum absolute atomic E-state index is 6.01. The van der Waals surface area contributed by atoms with Crippen molar-refractivity contribution in [2.45, 2.75) is 0 Å². The molecule has 2 aromatic carbocycles. The Bertz CT molecular complexity index is 760. The molecule has 0 saturated heterocycles. The highest BCUT2D eigenvalue weighted by atomic mass is 35.5. The molecule has 3 heteroatoms. The maximum atomic E-state index is 6.01. The molecule has 1 heterocycles. The van der Waals surface area contributed by atoms with Crippen LogP contribution in [0.1, 0.15) is 0 Å². The minimum atomic E-state index is 0.730. The Balaban J connectivity index is 2.29. The van der Waals surface area contributed by atoms with Crippen LogP contribution in [0.15, 0.2) is 54.6 Å². The SMILES string of the molecule is S=c1cc(-c2ccccc2)sc2ccc(Cl)cc12. The highest BCUT2D eigenvalue weighted by molar-refractivity contribution is 7.71. The summed E-state index contributed by atoms with van der Waals surface area (Å²) < 4.78 is 2.02. The summed E-state index contributed by atoms with van der Waals surface area (Å²) in [7, 11) is 0. The van der Waals surface area contributed by atoms with Crippen molar-refractivity contribution in [3.05, 3.63) is 64.1 Å². The van der Waals surface area contributed by atoms with E-state index in [1.165, 1.54) is 15.1 Å². The van der Waals surface area contributed by atoms with E-state index in [1.54, 1.807) is 11.3 Å². The van der Waals surface area contributed by atoms with Gasteiger partial charge in [-0.25, -0.2) is 0 Å². The van der Waals surface area contributed by atoms with Crippen LogP contribution in [-0.2, 0) is 0 Å². The van der Waals surface area contributed by atoms with Crippen LogP contribution >= 0.6 is 35.2 Å². The first-order chi connectivity index (χ1) is 8.74. The van der Waals surface area contributed by atoms with Gasteiger partial charge in [-0.1, -0.05) is 54.2 Å². The van der Waals surface area contributed by atoms with Gasteiger partial charge in [0.15, 0.2) is 0 Å². The highest BCUT2D eigenvalue weighted by Crippen LogP contribution is 2.32. The molecule has 18 heavy (non-hydrogen) atoms. The summed E-state index contributed by atoms with van der Waals surface area (Å²) in [6.07, 6.45) is 0. The summed E-state index contributed by atoms with van der Waals surface area (Å²) in [4.78, 5) is 1.19. The van der Waals surface area contributed by atoms with Gasteiger partial charge in [0, 0.05) is 24.5 Å². The number of benzene rings is 2. The number of halogens is 1. The summed E-state index contributed by atoms with van der Waals surface area (Å²) in [5.74, 6) is 0. The minimum Gasteiger partial charge on any atom is -0.135 e. The van der Waals surface area contributed by atoms with E-state index in [-0.39, 0.29) is 0 Å². The molecule has 0 fully saturated rings. The Morgan fingerprint density at radius 1 is 0.944 bits per heavy atom. The Hall–Kier alpha value is -1.22. The van der Waals surface area contributed by atoms with Crippen LogP contribution in [0, 0.1) is 4.51 Å². The van der Waals surface area contributed by atoms with E-state index < -0.39 is 0 Å². The molecule has 0 unspecified atom stereocenters. The van der Waals surface area contributed by atoms with E-state index in [4.69, 9.17) is 23.8 Å². The number of fused-ring (bicyclic) bond motifs is 1. The second-order valence-electron chi connectivity index (χ2n) is 3.98. The quantitative estimate of drug-likeness (QED) is 0.499. The molecule has 0 atom stereocenters. The zero-order chi connectivity index (χ0) is 12.5. The van der Waals surface area contributed by atoms with Crippen LogP contribution < -0.4 is 0 Å². The molecule has 0 N–H and O–H groups in total. The molecule has 0 nitrogen and oxygen atoms in total. The predicted octanol–water partition coefficient (Wildman–Crippen LogP) is 5.95. The highest BCUT2D eigenvalue weighted by Gasteiger charge is 2.03. The van der Waals surface area contributed by atoms with Crippen LogP contribution in [0.4, 0.5) is 0 Å². The third-order valence-electron chi connectivity index (χ3n) is 2.75. The van der Waals surface area contributed by atoms with E-state index in [0.29, 0.717) is 0 Å². The smallest absolute Gasteiger partial charge is 0.0478 e. The molecule has 3 rings (SSSR count). The van der Waals surface area contributed by atoms with Crippen molar-refractivity contribution >= 4 is 45.2 Å². The Kier molecular flexibility index (Phi) is 3.16. The van der Waals surface area contributed by atoms with Gasteiger partial charge in [0.05, 0.1) is 0 Å². The standard InChI is InChI=1S/C15H9ClS2/c16-11-6-7-14-12(8-11)13(17)9-15(18-14)10-4-2-1-3-5-10/h1-9H. The first-order valence-corrected chi connectivity index (χ1v) is 7.13. The fourth-order valence-corrected chi connectivity index (χ4v) is 3.55. The molecular weight excluding hydrogens is 280 g/mol. The lowest BCUT2D eigenvalue weighted by Gasteiger charge is -2.04. The molecular formula is C15H9ClS2. The average Bonchev–Trinajstić information content (AvgIpc) is 2.40. The molecule has 3 aromatic rings. The van der Waals surface area contributed by atoms with Crippen molar-refractivity contribution in [2.24, 2.45) is 0 Å². The number of hydrogen-bond donors (Lipinski definition) is 0. The average molecular weight is 289 g/mol. The molecule has 0 aliphatic heterocycles. The molecule has 0 radical (unpaired) electrons. The Labute approximate surface area is 119 Å². The minimum absolute atomic E-state index is 0.730. The first-order valence-electron chi connectivity index (χ1n) is 5.53. The molecule has 1 aromatic heterocycles. The van der Waals surface area contributed by atoms with E-state index in [9.17, 15) is 0 Å². The molecule has 0 bridgehead atoms. The first kappa shape index (κ1) is 11.8. The lowest BCUT2D eigenvalue weighted by atomic mass is 10.2. The molecule has 0 amide bonds. The van der Waals surface area contributed by atoms with E-state index in [1.807, 2.05) is 42.5 Å². The van der Waals surface area contributed by atoms with Gasteiger partial charge < -0.3 is 0 Å². The summed E-state index contributed by atoms with van der Waals surface area (Å²) in [6, 6.07) is 18.2. The van der Waals surface area contributed by atoms with Gasteiger partial charge in [0.25, 0.3) is 0 Å². The fraction of sp³-hybridized carbons (Fsp3) is 0. The normalized spacial score (nSPS) is 10.7. The lowest BCUT2D eigenvalue weighted by molar-refractivity contribution is 1.69. The van der Waals surface area contributed by atoms with Crippen molar-refractivity contribution in [1.29, 1.82) is 0 Å². The topological polar surface area (TPSA) is 0 Å². The summed E-state index contributed by atoms with van der Waals surface area (Å²) in [6.45, 7) is 0. The van der Waals surface area contributed by atoms with Gasteiger partial charge in [-0.05, 0) is 29.8 Å². The van der Waals surface area contributed by atoms with Crippen molar-refractivity contribution in [3.8, 4) is 10.4 Å². The zero-order valence-corrected chi connectivity index (χ0v) is 11.8. The molecule has 88 valence electrons. The third-order valence-corrected chi connectivity index (χ3v) is 4.47. The van der Waals surface area contributed by atoms with Crippen LogP contribution in [0.5, 0.6) is 0 Å². The van der Waals surface area contributed by atoms with E-state index in [2.05, 4.69) is 12.1 Å². The maximum Gasteiger partial charge on any atom is 0.0478 e. The lowest BCUT2D eigenvalue weighted by Crippen LogP contribution is -1.77. The fourth-order valence-electron chi connectivity index (χ4n) is 1.87. The van der Waals surface area contributed by atoms with Gasteiger partial charge in [0.1, 0.15) is 0 Å². The van der Waals surface area contributed by atoms with Crippen molar-refractivity contribution in [2.75, 3.05) is 0 Å². The van der Waals surface area contributed by atoms with Crippen LogP contribution in [-0.4, -0.2) is 0 Å². The van der Waals surface area contributed by atoms with Gasteiger partial charge >= 0.3 is 0 Å². The summed E-state index contributed by atoms with van der Waals surface area (Å²) >= 11 is 13.2. The van der Waals surface area contributed by atoms with Crippen LogP contribution in [0.3, 0.4) is 0 Å². The van der Waals surface area contributed by atoms with Gasteiger partial charge in [-0.2, -0.15) is 0 Å². The van der Waals surface area contributed by atoms with Crippen molar-refractivity contribution in [3.63, 3.8) is 0 Å². The van der Waals surface area contributed by atoms with Crippen LogP contribution in [0.2, 0.25) is 5.02 Å². The van der Waals surface area contributed by atoms with Crippen molar-refractivity contribution in [1.82, 2.24) is 0 Å². The van der Waals surface area contributed by atoms with Gasteiger partial charge in [0.2, 0.25) is 0 Å². The van der Waals surface area contributed by atoms with Crippen LogP contribution in [0.25, 0.3) is 20.5 Å². The third kappa shape index (κ3) is 2.19. The molecule has 0 aliphatic rings. The molecule has 0 saturated carbocycles. The largest absolute Gasteiger partial charge is 0.135 e. The molecule has 0 spiro atoms. The zero-order valence-electron chi connectivity index (χ0n) is 9.39. The van der Waals surface area contributed by atoms with E-state index in [0.717, 1.165) is 14.9 Å². The number of rotatable bonds is 1. The van der Waals surface area contributed by atoms with Crippen molar-refractivity contribution < 1.29 is 0 Å². The Morgan fingerprint density at radius 2 is 1.72 bits per heavy atom. The summed E-state index contributed by atoms with van der Waals surface area (Å²) in [5.41, 5.74) is 1.20. The second kappa shape index (κ2) is 4.81. The van der Waals surface area contributed by atoms with Gasteiger partial charge in [-0.3, -0.25) is 0 Å². The van der Waals surface area contributed by atoms with Gasteiger partial charge in [-0.15, -0.1) is 11.3 Å². The summed E-state index contributed by atoms with van der Waals surface area (Å²) in [5, 5.41) is 1.79.